The van der Waals surface area contributed by atoms with Crippen LogP contribution in [-0.2, 0) is 11.2 Å². The van der Waals surface area contributed by atoms with Gasteiger partial charge in [-0.3, -0.25) is 0 Å². The van der Waals surface area contributed by atoms with Gasteiger partial charge in [0.2, 0.25) is 0 Å². The smallest absolute Gasteiger partial charge is 0.0599 e. The van der Waals surface area contributed by atoms with Crippen molar-refractivity contribution in [2.75, 3.05) is 19.7 Å². The second-order valence-electron chi connectivity index (χ2n) is 5.01. The Morgan fingerprint density at radius 3 is 2.83 bits per heavy atom. The molecule has 3 heteroatoms. The molecule has 0 aliphatic carbocycles. The van der Waals surface area contributed by atoms with Crippen LogP contribution in [0.25, 0.3) is 0 Å². The highest BCUT2D eigenvalue weighted by Crippen LogP contribution is 2.18. The zero-order valence-electron chi connectivity index (χ0n) is 11.0. The van der Waals surface area contributed by atoms with Gasteiger partial charge in [-0.25, -0.2) is 0 Å². The summed E-state index contributed by atoms with van der Waals surface area (Å²) >= 11 is 3.53. The van der Waals surface area contributed by atoms with Gasteiger partial charge in [0, 0.05) is 11.1 Å². The third kappa shape index (κ3) is 4.38. The lowest BCUT2D eigenvalue weighted by atomic mass is 10.1. The molecule has 0 amide bonds. The van der Waals surface area contributed by atoms with Crippen molar-refractivity contribution in [2.24, 2.45) is 0 Å². The molecule has 0 saturated carbocycles. The summed E-state index contributed by atoms with van der Waals surface area (Å²) in [6.45, 7) is 5.24. The molecule has 1 aromatic rings. The number of piperidine rings is 1. The highest BCUT2D eigenvalue weighted by molar-refractivity contribution is 9.10. The first-order valence-corrected chi connectivity index (χ1v) is 7.62. The van der Waals surface area contributed by atoms with Crippen LogP contribution < -0.4 is 5.32 Å². The van der Waals surface area contributed by atoms with E-state index in [2.05, 4.69) is 46.4 Å². The fraction of sp³-hybridized carbons (Fsp3) is 0.600. The van der Waals surface area contributed by atoms with Crippen LogP contribution in [0.4, 0.5) is 0 Å². The van der Waals surface area contributed by atoms with Gasteiger partial charge < -0.3 is 10.1 Å². The second-order valence-corrected chi connectivity index (χ2v) is 5.86. The second kappa shape index (κ2) is 7.27. The maximum absolute atomic E-state index is 5.91. The number of nitrogens with one attached hydrogen (secondary N) is 1. The van der Waals surface area contributed by atoms with Gasteiger partial charge >= 0.3 is 0 Å². The van der Waals surface area contributed by atoms with Crippen molar-refractivity contribution in [2.45, 2.75) is 38.7 Å². The summed E-state index contributed by atoms with van der Waals surface area (Å²) in [4.78, 5) is 0. The van der Waals surface area contributed by atoms with Crippen molar-refractivity contribution in [1.29, 1.82) is 0 Å². The van der Waals surface area contributed by atoms with Crippen molar-refractivity contribution < 1.29 is 4.74 Å². The first-order chi connectivity index (χ1) is 8.75. The fourth-order valence-electron chi connectivity index (χ4n) is 2.35. The number of benzene rings is 1. The van der Waals surface area contributed by atoms with E-state index in [0.717, 1.165) is 45.4 Å². The molecule has 0 aromatic heterocycles. The molecule has 1 aliphatic heterocycles. The van der Waals surface area contributed by atoms with E-state index >= 15 is 0 Å². The Balaban J connectivity index is 1.66. The molecular weight excluding hydrogens is 290 g/mol. The van der Waals surface area contributed by atoms with Crippen molar-refractivity contribution in [1.82, 2.24) is 5.32 Å². The summed E-state index contributed by atoms with van der Waals surface area (Å²) in [7, 11) is 0. The quantitative estimate of drug-likeness (QED) is 0.841. The van der Waals surface area contributed by atoms with Gasteiger partial charge in [0.15, 0.2) is 0 Å². The zero-order chi connectivity index (χ0) is 12.8. The fourth-order valence-corrected chi connectivity index (χ4v) is 2.60. The normalized spacial score (nSPS) is 17.0. The minimum Gasteiger partial charge on any atom is -0.378 e. The summed E-state index contributed by atoms with van der Waals surface area (Å²) in [5.74, 6) is 0. The van der Waals surface area contributed by atoms with Crippen LogP contribution in [0.15, 0.2) is 22.7 Å². The van der Waals surface area contributed by atoms with E-state index in [1.54, 1.807) is 0 Å². The van der Waals surface area contributed by atoms with Crippen LogP contribution in [0.5, 0.6) is 0 Å². The van der Waals surface area contributed by atoms with Gasteiger partial charge in [0.25, 0.3) is 0 Å². The molecule has 0 atom stereocenters. The van der Waals surface area contributed by atoms with Crippen molar-refractivity contribution in [3.05, 3.63) is 33.8 Å². The van der Waals surface area contributed by atoms with Gasteiger partial charge in [-0.1, -0.05) is 28.1 Å². The molecule has 18 heavy (non-hydrogen) atoms. The van der Waals surface area contributed by atoms with Crippen molar-refractivity contribution in [3.63, 3.8) is 0 Å². The Labute approximate surface area is 118 Å². The maximum Gasteiger partial charge on any atom is 0.0599 e. The highest BCUT2D eigenvalue weighted by atomic mass is 79.9. The summed E-state index contributed by atoms with van der Waals surface area (Å²) in [6.07, 6.45) is 5.04. The Morgan fingerprint density at radius 2 is 2.11 bits per heavy atom. The lowest BCUT2D eigenvalue weighted by Crippen LogP contribution is -2.32. The topological polar surface area (TPSA) is 21.3 Å². The lowest BCUT2D eigenvalue weighted by Gasteiger charge is -2.22. The molecule has 1 N–H and O–H groups in total. The molecule has 0 spiro atoms. The molecule has 0 radical (unpaired) electrons. The Kier molecular flexibility index (Phi) is 5.67. The first-order valence-electron chi connectivity index (χ1n) is 6.83. The van der Waals surface area contributed by atoms with Crippen LogP contribution in [0.2, 0.25) is 0 Å². The minimum absolute atomic E-state index is 0.484. The van der Waals surface area contributed by atoms with E-state index in [1.165, 1.54) is 15.6 Å². The Morgan fingerprint density at radius 1 is 1.33 bits per heavy atom. The number of rotatable bonds is 5. The highest BCUT2D eigenvalue weighted by Gasteiger charge is 2.12. The third-order valence-corrected chi connectivity index (χ3v) is 4.36. The molecule has 0 unspecified atom stereocenters. The van der Waals surface area contributed by atoms with Crippen LogP contribution >= 0.6 is 15.9 Å². The van der Waals surface area contributed by atoms with Crippen LogP contribution in [0, 0.1) is 6.92 Å². The Hall–Kier alpha value is -0.380. The van der Waals surface area contributed by atoms with Gasteiger partial charge in [-0.05, 0) is 62.9 Å². The number of halogens is 1. The van der Waals surface area contributed by atoms with Crippen LogP contribution in [-0.4, -0.2) is 25.8 Å². The Bertz CT molecular complexity index is 375. The van der Waals surface area contributed by atoms with Crippen molar-refractivity contribution in [3.8, 4) is 0 Å². The predicted molar refractivity (Wildman–Crippen MR) is 79.0 cm³/mol. The molecule has 2 rings (SSSR count). The van der Waals surface area contributed by atoms with E-state index in [9.17, 15) is 0 Å². The van der Waals surface area contributed by atoms with Crippen LogP contribution in [0.3, 0.4) is 0 Å². The molecule has 1 heterocycles. The SMILES string of the molecule is Cc1cc(CCCOC2CCNCC2)ccc1Br. The summed E-state index contributed by atoms with van der Waals surface area (Å²) in [5, 5.41) is 3.36. The number of aryl methyl sites for hydroxylation is 2. The average molecular weight is 312 g/mol. The first kappa shape index (κ1) is 14.0. The van der Waals surface area contributed by atoms with Gasteiger partial charge in [0.1, 0.15) is 0 Å². The zero-order valence-corrected chi connectivity index (χ0v) is 12.6. The summed E-state index contributed by atoms with van der Waals surface area (Å²) < 4.78 is 7.10. The van der Waals surface area contributed by atoms with E-state index in [1.807, 2.05) is 0 Å². The monoisotopic (exact) mass is 311 g/mol. The van der Waals surface area contributed by atoms with Gasteiger partial charge in [0.05, 0.1) is 6.10 Å². The molecule has 1 fully saturated rings. The van der Waals surface area contributed by atoms with Gasteiger partial charge in [-0.2, -0.15) is 0 Å². The maximum atomic E-state index is 5.91. The van der Waals surface area contributed by atoms with E-state index in [4.69, 9.17) is 4.74 Å². The standard InChI is InChI=1S/C15H22BrNO/c1-12-11-13(4-5-15(12)16)3-2-10-18-14-6-8-17-9-7-14/h4-5,11,14,17H,2-3,6-10H2,1H3. The lowest BCUT2D eigenvalue weighted by molar-refractivity contribution is 0.0318. The third-order valence-electron chi connectivity index (χ3n) is 3.47. The molecular formula is C15H22BrNO. The van der Waals surface area contributed by atoms with E-state index in [-0.39, 0.29) is 0 Å². The molecule has 2 nitrogen and oxygen atoms in total. The average Bonchev–Trinajstić information content (AvgIpc) is 2.40. The molecule has 1 saturated heterocycles. The molecule has 1 aromatic carbocycles. The molecule has 0 bridgehead atoms. The summed E-state index contributed by atoms with van der Waals surface area (Å²) in [6, 6.07) is 6.59. The number of hydrogen-bond acceptors (Lipinski definition) is 2. The predicted octanol–water partition coefficient (Wildman–Crippen LogP) is 3.46. The van der Waals surface area contributed by atoms with E-state index in [0.29, 0.717) is 6.10 Å². The van der Waals surface area contributed by atoms with E-state index < -0.39 is 0 Å². The summed E-state index contributed by atoms with van der Waals surface area (Å²) in [5.41, 5.74) is 2.72. The minimum atomic E-state index is 0.484. The van der Waals surface area contributed by atoms with Crippen LogP contribution in [0.1, 0.15) is 30.4 Å². The number of ether oxygens (including phenoxy) is 1. The largest absolute Gasteiger partial charge is 0.378 e. The van der Waals surface area contributed by atoms with Crippen molar-refractivity contribution >= 4 is 15.9 Å². The number of hydrogen-bond donors (Lipinski definition) is 1. The van der Waals surface area contributed by atoms with Gasteiger partial charge in [-0.15, -0.1) is 0 Å². The molecule has 1 aliphatic rings. The molecule has 100 valence electrons.